The van der Waals surface area contributed by atoms with Gasteiger partial charge in [0, 0.05) is 11.1 Å². The molecule has 1 aliphatic rings. The molecule has 1 N–H and O–H groups in total. The van der Waals surface area contributed by atoms with E-state index >= 15 is 0 Å². The molecule has 0 radical (unpaired) electrons. The van der Waals surface area contributed by atoms with E-state index in [1.165, 1.54) is 31.0 Å². The van der Waals surface area contributed by atoms with Crippen LogP contribution in [0, 0.1) is 11.3 Å². The number of nitriles is 1. The lowest BCUT2D eigenvalue weighted by Gasteiger charge is -2.25. The summed E-state index contributed by atoms with van der Waals surface area (Å²) in [6.45, 7) is 2.14. The van der Waals surface area contributed by atoms with Gasteiger partial charge in [0.25, 0.3) is 0 Å². The molecule has 1 aliphatic carbocycles. The number of thioether (sulfide) groups is 1. The van der Waals surface area contributed by atoms with Crippen molar-refractivity contribution in [3.63, 3.8) is 0 Å². The zero-order chi connectivity index (χ0) is 18.1. The topological polar surface area (TPSA) is 62.1 Å². The zero-order valence-corrected chi connectivity index (χ0v) is 16.0. The van der Waals surface area contributed by atoms with Crippen LogP contribution in [0.25, 0.3) is 5.57 Å². The maximum atomic E-state index is 11.7. The number of rotatable bonds is 7. The van der Waals surface area contributed by atoms with Crippen molar-refractivity contribution in [2.24, 2.45) is 0 Å². The quantitative estimate of drug-likeness (QED) is 0.548. The van der Waals surface area contributed by atoms with Gasteiger partial charge in [-0.15, -0.1) is 0 Å². The van der Waals surface area contributed by atoms with Crippen LogP contribution >= 0.6 is 23.4 Å². The Hall–Kier alpha value is -1.64. The molecule has 0 heterocycles. The van der Waals surface area contributed by atoms with Crippen LogP contribution in [-0.4, -0.2) is 24.4 Å². The van der Waals surface area contributed by atoms with Crippen LogP contribution in [-0.2, 0) is 9.53 Å². The second-order valence-electron chi connectivity index (χ2n) is 5.90. The van der Waals surface area contributed by atoms with Crippen molar-refractivity contribution in [1.82, 2.24) is 5.32 Å². The average molecular weight is 379 g/mol. The fourth-order valence-corrected chi connectivity index (χ4v) is 3.84. The van der Waals surface area contributed by atoms with Crippen LogP contribution in [0.4, 0.5) is 0 Å². The smallest absolute Gasteiger partial charge is 0.316 e. The molecule has 1 aromatic carbocycles. The van der Waals surface area contributed by atoms with Gasteiger partial charge in [0.2, 0.25) is 0 Å². The highest BCUT2D eigenvalue weighted by molar-refractivity contribution is 8.03. The van der Waals surface area contributed by atoms with Crippen molar-refractivity contribution in [2.45, 2.75) is 45.1 Å². The van der Waals surface area contributed by atoms with Crippen LogP contribution in [0.5, 0.6) is 0 Å². The molecule has 0 aliphatic heterocycles. The number of hydrogen-bond acceptors (Lipinski definition) is 5. The minimum Gasteiger partial charge on any atom is -0.465 e. The highest BCUT2D eigenvalue weighted by Gasteiger charge is 2.19. The Labute approximate surface area is 158 Å². The first-order valence-corrected chi connectivity index (χ1v) is 9.95. The standard InChI is InChI=1S/C19H23ClN2O2S/c1-2-24-18(23)13-25-19(22-16-6-4-3-5-7-16)17(12-21)14-8-10-15(20)11-9-14/h8-11,16,22H,2-7,13H2,1H3/b19-17+. The predicted octanol–water partition coefficient (Wildman–Crippen LogP) is 4.75. The summed E-state index contributed by atoms with van der Waals surface area (Å²) in [6, 6.07) is 9.81. The number of allylic oxidation sites excluding steroid dienone is 1. The molecule has 25 heavy (non-hydrogen) atoms. The average Bonchev–Trinajstić information content (AvgIpc) is 2.63. The molecule has 1 saturated carbocycles. The van der Waals surface area contributed by atoms with Crippen molar-refractivity contribution >= 4 is 34.9 Å². The lowest BCUT2D eigenvalue weighted by molar-refractivity contribution is -0.139. The van der Waals surface area contributed by atoms with E-state index in [0.29, 0.717) is 23.2 Å². The Kier molecular flexibility index (Phi) is 8.17. The molecular weight excluding hydrogens is 356 g/mol. The van der Waals surface area contributed by atoms with Gasteiger partial charge in [-0.05, 0) is 37.5 Å². The number of nitrogens with zero attached hydrogens (tertiary/aromatic N) is 1. The summed E-state index contributed by atoms with van der Waals surface area (Å²) in [5, 5.41) is 14.6. The van der Waals surface area contributed by atoms with Gasteiger partial charge in [-0.25, -0.2) is 0 Å². The maximum Gasteiger partial charge on any atom is 0.316 e. The highest BCUT2D eigenvalue weighted by atomic mass is 35.5. The van der Waals surface area contributed by atoms with Crippen LogP contribution in [0.2, 0.25) is 5.02 Å². The number of nitrogens with one attached hydrogen (secondary N) is 1. The number of esters is 1. The minimum atomic E-state index is -0.274. The number of hydrogen-bond donors (Lipinski definition) is 1. The number of benzene rings is 1. The fourth-order valence-electron chi connectivity index (χ4n) is 2.82. The molecule has 134 valence electrons. The third-order valence-corrected chi connectivity index (χ3v) is 5.29. The Balaban J connectivity index is 2.23. The van der Waals surface area contributed by atoms with Crippen LogP contribution in [0.1, 0.15) is 44.6 Å². The molecule has 2 rings (SSSR count). The molecule has 0 saturated heterocycles. The number of halogens is 1. The molecular formula is C19H23ClN2O2S. The van der Waals surface area contributed by atoms with E-state index in [1.54, 1.807) is 19.1 Å². The summed E-state index contributed by atoms with van der Waals surface area (Å²) in [5.41, 5.74) is 1.33. The third-order valence-electron chi connectivity index (χ3n) is 4.05. The highest BCUT2D eigenvalue weighted by Crippen LogP contribution is 2.28. The van der Waals surface area contributed by atoms with Crippen LogP contribution in [0.15, 0.2) is 29.3 Å². The lowest BCUT2D eigenvalue weighted by atomic mass is 9.95. The van der Waals surface area contributed by atoms with Crippen molar-refractivity contribution in [3.05, 3.63) is 39.9 Å². The Morgan fingerprint density at radius 3 is 2.60 bits per heavy atom. The molecule has 1 aromatic rings. The van der Waals surface area contributed by atoms with E-state index in [2.05, 4.69) is 11.4 Å². The molecule has 0 bridgehead atoms. The summed E-state index contributed by atoms with van der Waals surface area (Å²) >= 11 is 7.28. The summed E-state index contributed by atoms with van der Waals surface area (Å²) < 4.78 is 5.01. The van der Waals surface area contributed by atoms with Gasteiger partial charge >= 0.3 is 5.97 Å². The first-order chi connectivity index (χ1) is 12.1. The van der Waals surface area contributed by atoms with Gasteiger partial charge < -0.3 is 10.1 Å². The van der Waals surface area contributed by atoms with E-state index in [0.717, 1.165) is 23.4 Å². The lowest BCUT2D eigenvalue weighted by Crippen LogP contribution is -2.30. The molecule has 0 unspecified atom stereocenters. The summed E-state index contributed by atoms with van der Waals surface area (Å²) in [6.07, 6.45) is 5.81. The van der Waals surface area contributed by atoms with E-state index in [1.807, 2.05) is 12.1 Å². The van der Waals surface area contributed by atoms with Crippen molar-refractivity contribution in [1.29, 1.82) is 5.26 Å². The molecule has 0 aromatic heterocycles. The van der Waals surface area contributed by atoms with E-state index < -0.39 is 0 Å². The minimum absolute atomic E-state index is 0.182. The van der Waals surface area contributed by atoms with Crippen molar-refractivity contribution in [2.75, 3.05) is 12.4 Å². The van der Waals surface area contributed by atoms with Crippen molar-refractivity contribution < 1.29 is 9.53 Å². The van der Waals surface area contributed by atoms with Gasteiger partial charge in [0.15, 0.2) is 0 Å². The number of carbonyl (C=O) groups excluding carboxylic acids is 1. The first-order valence-electron chi connectivity index (χ1n) is 8.59. The second kappa shape index (κ2) is 10.4. The Bertz CT molecular complexity index is 646. The summed E-state index contributed by atoms with van der Waals surface area (Å²) in [5.74, 6) is -0.0920. The normalized spacial score (nSPS) is 15.9. The SMILES string of the molecule is CCOC(=O)CS/C(NC1CCCCC1)=C(\C#N)c1ccc(Cl)cc1. The fraction of sp³-hybridized carbons (Fsp3) is 0.474. The number of carbonyl (C=O) groups is 1. The van der Waals surface area contributed by atoms with Gasteiger partial charge in [-0.3, -0.25) is 4.79 Å². The maximum absolute atomic E-state index is 11.7. The molecule has 4 nitrogen and oxygen atoms in total. The van der Waals surface area contributed by atoms with E-state index in [4.69, 9.17) is 16.3 Å². The monoisotopic (exact) mass is 378 g/mol. The molecule has 0 spiro atoms. The Morgan fingerprint density at radius 1 is 1.32 bits per heavy atom. The molecule has 0 atom stereocenters. The summed E-state index contributed by atoms with van der Waals surface area (Å²) in [4.78, 5) is 11.7. The predicted molar refractivity (Wildman–Crippen MR) is 103 cm³/mol. The third kappa shape index (κ3) is 6.30. The molecule has 1 fully saturated rings. The first kappa shape index (κ1) is 19.7. The van der Waals surface area contributed by atoms with Crippen LogP contribution in [0.3, 0.4) is 0 Å². The van der Waals surface area contributed by atoms with Gasteiger partial charge in [-0.2, -0.15) is 5.26 Å². The second-order valence-corrected chi connectivity index (χ2v) is 7.32. The van der Waals surface area contributed by atoms with Gasteiger partial charge in [0.1, 0.15) is 6.07 Å². The van der Waals surface area contributed by atoms with E-state index in [-0.39, 0.29) is 11.7 Å². The van der Waals surface area contributed by atoms with Gasteiger partial charge in [-0.1, -0.05) is 54.8 Å². The van der Waals surface area contributed by atoms with Crippen LogP contribution < -0.4 is 5.32 Å². The molecule has 0 amide bonds. The summed E-state index contributed by atoms with van der Waals surface area (Å²) in [7, 11) is 0. The zero-order valence-electron chi connectivity index (χ0n) is 14.4. The Morgan fingerprint density at radius 2 is 2.00 bits per heavy atom. The molecule has 6 heteroatoms. The van der Waals surface area contributed by atoms with Crippen molar-refractivity contribution in [3.8, 4) is 6.07 Å². The van der Waals surface area contributed by atoms with Gasteiger partial charge in [0.05, 0.1) is 23.0 Å². The number of ether oxygens (including phenoxy) is 1. The van der Waals surface area contributed by atoms with E-state index in [9.17, 15) is 10.1 Å². The largest absolute Gasteiger partial charge is 0.465 e.